The number of hydrogen-bond acceptors (Lipinski definition) is 2. The highest BCUT2D eigenvalue weighted by Crippen LogP contribution is 2.51. The van der Waals surface area contributed by atoms with Gasteiger partial charge in [0.05, 0.1) is 10.9 Å². The largest absolute Gasteiger partial charge is 0.351 e. The molecule has 0 bridgehead atoms. The lowest BCUT2D eigenvalue weighted by atomic mass is 10.1. The van der Waals surface area contributed by atoms with Gasteiger partial charge >= 0.3 is 0 Å². The lowest BCUT2D eigenvalue weighted by Crippen LogP contribution is -2.25. The first-order chi connectivity index (χ1) is 6.99. The van der Waals surface area contributed by atoms with Crippen LogP contribution in [0, 0.1) is 11.3 Å². The van der Waals surface area contributed by atoms with Crippen LogP contribution in [0.3, 0.4) is 0 Å². The van der Waals surface area contributed by atoms with E-state index >= 15 is 0 Å². The van der Waals surface area contributed by atoms with Gasteiger partial charge in [-0.05, 0) is 24.0 Å². The average molecular weight is 244 g/mol. The van der Waals surface area contributed by atoms with Gasteiger partial charge in [0.15, 0.2) is 0 Å². The van der Waals surface area contributed by atoms with Crippen molar-refractivity contribution in [3.05, 3.63) is 21.3 Å². The lowest BCUT2D eigenvalue weighted by molar-refractivity contribution is -0.123. The minimum Gasteiger partial charge on any atom is -0.351 e. The maximum absolute atomic E-state index is 11.7. The van der Waals surface area contributed by atoms with E-state index in [1.54, 1.807) is 0 Å². The Bertz CT molecular complexity index is 386. The Balaban J connectivity index is 1.82. The van der Waals surface area contributed by atoms with E-state index in [0.717, 1.165) is 15.6 Å². The second-order valence-corrected chi connectivity index (χ2v) is 6.47. The molecule has 4 heteroatoms. The number of amides is 1. The molecule has 1 aromatic rings. The van der Waals surface area contributed by atoms with E-state index in [-0.39, 0.29) is 17.2 Å². The number of rotatable bonds is 3. The highest BCUT2D eigenvalue weighted by Gasteiger charge is 2.50. The molecule has 1 fully saturated rings. The predicted molar refractivity (Wildman–Crippen MR) is 63.1 cm³/mol. The van der Waals surface area contributed by atoms with Crippen LogP contribution in [0.1, 0.15) is 25.1 Å². The third-order valence-electron chi connectivity index (χ3n) is 2.90. The molecule has 1 amide bonds. The van der Waals surface area contributed by atoms with E-state index < -0.39 is 0 Å². The second kappa shape index (κ2) is 3.80. The van der Waals surface area contributed by atoms with Gasteiger partial charge in [0, 0.05) is 10.8 Å². The fraction of sp³-hybridized carbons (Fsp3) is 0.545. The number of carbonyl (C=O) groups excluding carboxylic acids is 1. The van der Waals surface area contributed by atoms with Crippen molar-refractivity contribution in [2.75, 3.05) is 0 Å². The summed E-state index contributed by atoms with van der Waals surface area (Å²) in [5.74, 6) is 0.373. The normalized spacial score (nSPS) is 22.5. The Kier molecular flexibility index (Phi) is 2.77. The molecule has 1 aliphatic rings. The van der Waals surface area contributed by atoms with E-state index in [0.29, 0.717) is 6.54 Å². The molecule has 1 N–H and O–H groups in total. The van der Waals surface area contributed by atoms with Crippen LogP contribution >= 0.6 is 22.9 Å². The summed E-state index contributed by atoms with van der Waals surface area (Å²) in [5, 5.41) is 2.94. The van der Waals surface area contributed by atoms with Crippen molar-refractivity contribution in [3.63, 3.8) is 0 Å². The first-order valence-electron chi connectivity index (χ1n) is 5.01. The maximum Gasteiger partial charge on any atom is 0.223 e. The molecule has 15 heavy (non-hydrogen) atoms. The van der Waals surface area contributed by atoms with Crippen molar-refractivity contribution in [2.24, 2.45) is 11.3 Å². The molecule has 1 aromatic heterocycles. The fourth-order valence-electron chi connectivity index (χ4n) is 1.66. The van der Waals surface area contributed by atoms with Crippen LogP contribution in [-0.4, -0.2) is 5.91 Å². The molecular formula is C11H14ClNOS. The molecule has 0 saturated heterocycles. The van der Waals surface area contributed by atoms with E-state index in [4.69, 9.17) is 11.6 Å². The molecule has 0 spiro atoms. The third kappa shape index (κ3) is 2.52. The summed E-state index contributed by atoms with van der Waals surface area (Å²) < 4.78 is 0.769. The van der Waals surface area contributed by atoms with Crippen LogP contribution in [0.2, 0.25) is 4.34 Å². The van der Waals surface area contributed by atoms with Crippen molar-refractivity contribution in [3.8, 4) is 0 Å². The van der Waals surface area contributed by atoms with Gasteiger partial charge in [-0.15, -0.1) is 11.3 Å². The van der Waals surface area contributed by atoms with Crippen molar-refractivity contribution < 1.29 is 4.79 Å². The van der Waals surface area contributed by atoms with Gasteiger partial charge in [-0.25, -0.2) is 0 Å². The van der Waals surface area contributed by atoms with Gasteiger partial charge in [-0.2, -0.15) is 0 Å². The first kappa shape index (κ1) is 11.0. The van der Waals surface area contributed by atoms with Gasteiger partial charge in [0.25, 0.3) is 0 Å². The Morgan fingerprint density at radius 2 is 2.33 bits per heavy atom. The monoisotopic (exact) mass is 243 g/mol. The molecule has 82 valence electrons. The van der Waals surface area contributed by atoms with Gasteiger partial charge in [0.2, 0.25) is 5.91 Å². The van der Waals surface area contributed by atoms with Crippen molar-refractivity contribution >= 4 is 28.8 Å². The molecule has 2 rings (SSSR count). The quantitative estimate of drug-likeness (QED) is 0.869. The van der Waals surface area contributed by atoms with Gasteiger partial charge < -0.3 is 5.32 Å². The fourth-order valence-corrected chi connectivity index (χ4v) is 2.69. The van der Waals surface area contributed by atoms with Crippen LogP contribution in [0.25, 0.3) is 0 Å². The summed E-state index contributed by atoms with van der Waals surface area (Å²) in [6.45, 7) is 4.85. The summed E-state index contributed by atoms with van der Waals surface area (Å²) in [6.07, 6.45) is 1.00. The van der Waals surface area contributed by atoms with Crippen LogP contribution in [-0.2, 0) is 11.3 Å². The standard InChI is InChI=1S/C11H14ClNOS/c1-11(2)5-8(11)10(14)13-6-7-3-4-9(12)15-7/h3-4,8H,5-6H2,1-2H3,(H,13,14)/t8-/m1/s1. The van der Waals surface area contributed by atoms with Crippen molar-refractivity contribution in [2.45, 2.75) is 26.8 Å². The first-order valence-corrected chi connectivity index (χ1v) is 6.20. The zero-order valence-electron chi connectivity index (χ0n) is 8.84. The highest BCUT2D eigenvalue weighted by molar-refractivity contribution is 7.16. The van der Waals surface area contributed by atoms with E-state index in [2.05, 4.69) is 19.2 Å². The minimum atomic E-state index is 0.171. The Hall–Kier alpha value is -0.540. The zero-order chi connectivity index (χ0) is 11.1. The maximum atomic E-state index is 11.7. The summed E-state index contributed by atoms with van der Waals surface area (Å²) in [7, 11) is 0. The molecule has 1 aliphatic carbocycles. The summed E-state index contributed by atoms with van der Waals surface area (Å²) >= 11 is 7.31. The zero-order valence-corrected chi connectivity index (χ0v) is 10.4. The Labute approximate surface area is 98.6 Å². The molecule has 0 radical (unpaired) electrons. The number of halogens is 1. The number of carbonyl (C=O) groups is 1. The molecule has 0 unspecified atom stereocenters. The molecule has 1 atom stereocenters. The minimum absolute atomic E-state index is 0.171. The highest BCUT2D eigenvalue weighted by atomic mass is 35.5. The van der Waals surface area contributed by atoms with Crippen molar-refractivity contribution in [1.29, 1.82) is 0 Å². The molecule has 0 aliphatic heterocycles. The topological polar surface area (TPSA) is 29.1 Å². The molecule has 1 heterocycles. The van der Waals surface area contributed by atoms with Gasteiger partial charge in [-0.3, -0.25) is 4.79 Å². The molecular weight excluding hydrogens is 230 g/mol. The summed E-state index contributed by atoms with van der Waals surface area (Å²) in [6, 6.07) is 3.81. The SMILES string of the molecule is CC1(C)C[C@@H]1C(=O)NCc1ccc(Cl)s1. The number of hydrogen-bond donors (Lipinski definition) is 1. The second-order valence-electron chi connectivity index (χ2n) is 4.67. The van der Waals surface area contributed by atoms with Gasteiger partial charge in [-0.1, -0.05) is 25.4 Å². The van der Waals surface area contributed by atoms with Crippen LogP contribution in [0.4, 0.5) is 0 Å². The average Bonchev–Trinajstić information content (AvgIpc) is 2.59. The summed E-state index contributed by atoms with van der Waals surface area (Å²) in [5.41, 5.74) is 0.206. The number of nitrogens with one attached hydrogen (secondary N) is 1. The lowest BCUT2D eigenvalue weighted by Gasteiger charge is -2.04. The Morgan fingerprint density at radius 3 is 2.80 bits per heavy atom. The van der Waals surface area contributed by atoms with Crippen molar-refractivity contribution in [1.82, 2.24) is 5.32 Å². The molecule has 0 aromatic carbocycles. The summed E-state index contributed by atoms with van der Waals surface area (Å²) in [4.78, 5) is 12.8. The Morgan fingerprint density at radius 1 is 1.67 bits per heavy atom. The van der Waals surface area contributed by atoms with E-state index in [9.17, 15) is 4.79 Å². The molecule has 1 saturated carbocycles. The van der Waals surface area contributed by atoms with Crippen LogP contribution < -0.4 is 5.32 Å². The van der Waals surface area contributed by atoms with E-state index in [1.165, 1.54) is 11.3 Å². The van der Waals surface area contributed by atoms with E-state index in [1.807, 2.05) is 12.1 Å². The number of thiophene rings is 1. The van der Waals surface area contributed by atoms with Crippen LogP contribution in [0.15, 0.2) is 12.1 Å². The molecule has 2 nitrogen and oxygen atoms in total. The third-order valence-corrected chi connectivity index (χ3v) is 4.13. The van der Waals surface area contributed by atoms with Gasteiger partial charge in [0.1, 0.15) is 0 Å². The van der Waals surface area contributed by atoms with Crippen LogP contribution in [0.5, 0.6) is 0 Å². The smallest absolute Gasteiger partial charge is 0.223 e. The predicted octanol–water partition coefficient (Wildman–Crippen LogP) is 3.06.